The Morgan fingerprint density at radius 2 is 1.80 bits per heavy atom. The topological polar surface area (TPSA) is 72.5 Å². The molecule has 138 valence electrons. The molecule has 0 fully saturated rings. The molecule has 0 aliphatic heterocycles. The molecule has 0 heterocycles. The number of hydrogen-bond acceptors (Lipinski definition) is 5. The number of Topliss-reactive ketones (excluding diaryl/α,β-unsaturated/α-hetero) is 1. The second-order valence-corrected chi connectivity index (χ2v) is 8.02. The zero-order valence-corrected chi connectivity index (χ0v) is 16.5. The molecule has 7 heteroatoms. The Morgan fingerprint density at radius 1 is 1.20 bits per heavy atom. The number of thioether (sulfide) groups is 1. The fourth-order valence-corrected chi connectivity index (χ4v) is 2.38. The molecule has 1 amide bonds. The van der Waals surface area contributed by atoms with E-state index >= 15 is 0 Å². The van der Waals surface area contributed by atoms with E-state index in [0.29, 0.717) is 22.8 Å². The first-order chi connectivity index (χ1) is 11.6. The van der Waals surface area contributed by atoms with Crippen LogP contribution >= 0.6 is 23.4 Å². The van der Waals surface area contributed by atoms with Crippen LogP contribution in [0.4, 0.5) is 0 Å². The Labute approximate surface area is 157 Å². The summed E-state index contributed by atoms with van der Waals surface area (Å²) in [4.78, 5) is 36.5. The zero-order valence-electron chi connectivity index (χ0n) is 14.9. The largest absolute Gasteiger partial charge is 0.456 e. The van der Waals surface area contributed by atoms with Crippen molar-refractivity contribution in [3.63, 3.8) is 0 Å². The summed E-state index contributed by atoms with van der Waals surface area (Å²) in [5, 5.41) is 3.19. The summed E-state index contributed by atoms with van der Waals surface area (Å²) in [7, 11) is 0. The molecule has 0 unspecified atom stereocenters. The van der Waals surface area contributed by atoms with Crippen molar-refractivity contribution in [2.75, 3.05) is 18.6 Å². The molecule has 25 heavy (non-hydrogen) atoms. The highest BCUT2D eigenvalue weighted by atomic mass is 35.5. The Kier molecular flexibility index (Phi) is 8.45. The number of esters is 1. The van der Waals surface area contributed by atoms with Gasteiger partial charge in [-0.3, -0.25) is 9.59 Å². The number of nitrogens with one attached hydrogen (secondary N) is 1. The van der Waals surface area contributed by atoms with Crippen molar-refractivity contribution in [1.29, 1.82) is 0 Å². The lowest BCUT2D eigenvalue weighted by Gasteiger charge is -2.20. The molecule has 1 aromatic rings. The molecule has 0 aliphatic rings. The highest BCUT2D eigenvalue weighted by molar-refractivity contribution is 7.98. The van der Waals surface area contributed by atoms with E-state index in [4.69, 9.17) is 16.3 Å². The highest BCUT2D eigenvalue weighted by Crippen LogP contribution is 2.15. The normalized spacial score (nSPS) is 12.4. The van der Waals surface area contributed by atoms with E-state index in [2.05, 4.69) is 5.32 Å². The molecule has 1 aromatic carbocycles. The minimum atomic E-state index is -0.802. The maximum absolute atomic E-state index is 12.3. The second-order valence-electron chi connectivity index (χ2n) is 6.60. The van der Waals surface area contributed by atoms with Gasteiger partial charge in [0.05, 0.1) is 0 Å². The molecular formula is C18H24ClNO4S. The van der Waals surface area contributed by atoms with Crippen molar-refractivity contribution in [3.05, 3.63) is 34.9 Å². The molecule has 0 radical (unpaired) electrons. The molecule has 1 atom stereocenters. The minimum Gasteiger partial charge on any atom is -0.456 e. The van der Waals surface area contributed by atoms with Crippen LogP contribution in [0.15, 0.2) is 24.3 Å². The first-order valence-corrected chi connectivity index (χ1v) is 9.67. The van der Waals surface area contributed by atoms with E-state index in [1.807, 2.05) is 6.26 Å². The monoisotopic (exact) mass is 385 g/mol. The fourth-order valence-electron chi connectivity index (χ4n) is 1.78. The Hall–Kier alpha value is -1.53. The van der Waals surface area contributed by atoms with Gasteiger partial charge in [0.1, 0.15) is 6.04 Å². The van der Waals surface area contributed by atoms with Gasteiger partial charge in [-0.25, -0.2) is 4.79 Å². The Bertz CT molecular complexity index is 610. The number of rotatable bonds is 8. The van der Waals surface area contributed by atoms with Gasteiger partial charge in [-0.05, 0) is 42.7 Å². The zero-order chi connectivity index (χ0) is 19.0. The van der Waals surface area contributed by atoms with Gasteiger partial charge in [0, 0.05) is 16.0 Å². The summed E-state index contributed by atoms with van der Waals surface area (Å²) in [6.45, 7) is 4.99. The lowest BCUT2D eigenvalue weighted by atomic mass is 9.91. The van der Waals surface area contributed by atoms with Crippen LogP contribution in [0.3, 0.4) is 0 Å². The standard InChI is InChI=1S/C18H24ClNO4S/c1-18(2,3)15(21)11-24-17(23)14(9-10-25-4)20-16(22)12-5-7-13(19)8-6-12/h5-8,14H,9-11H2,1-4H3,(H,20,22)/t14-/m0/s1. The third-order valence-electron chi connectivity index (χ3n) is 3.49. The summed E-state index contributed by atoms with van der Waals surface area (Å²) in [6, 6.07) is 5.57. The summed E-state index contributed by atoms with van der Waals surface area (Å²) in [5.41, 5.74) is -0.182. The number of carbonyl (C=O) groups is 3. The summed E-state index contributed by atoms with van der Waals surface area (Å²) < 4.78 is 5.11. The van der Waals surface area contributed by atoms with Crippen LogP contribution < -0.4 is 5.32 Å². The van der Waals surface area contributed by atoms with Crippen molar-refractivity contribution in [2.45, 2.75) is 33.2 Å². The number of ether oxygens (including phenoxy) is 1. The minimum absolute atomic E-state index is 0.173. The van der Waals surface area contributed by atoms with Gasteiger partial charge in [0.15, 0.2) is 12.4 Å². The van der Waals surface area contributed by atoms with E-state index in [9.17, 15) is 14.4 Å². The van der Waals surface area contributed by atoms with Crippen molar-refractivity contribution in [2.24, 2.45) is 5.41 Å². The van der Waals surface area contributed by atoms with E-state index in [0.717, 1.165) is 0 Å². The molecule has 0 saturated carbocycles. The van der Waals surface area contributed by atoms with E-state index in [-0.39, 0.29) is 18.3 Å². The number of amides is 1. The first-order valence-electron chi connectivity index (χ1n) is 7.90. The van der Waals surface area contributed by atoms with Crippen molar-refractivity contribution in [1.82, 2.24) is 5.32 Å². The first kappa shape index (κ1) is 21.5. The molecule has 0 aromatic heterocycles. The Morgan fingerprint density at radius 3 is 2.32 bits per heavy atom. The van der Waals surface area contributed by atoms with Gasteiger partial charge < -0.3 is 10.1 Å². The van der Waals surface area contributed by atoms with Gasteiger partial charge in [-0.1, -0.05) is 32.4 Å². The van der Waals surface area contributed by atoms with E-state index in [1.54, 1.807) is 56.8 Å². The molecule has 0 bridgehead atoms. The lowest BCUT2D eigenvalue weighted by Crippen LogP contribution is -2.43. The van der Waals surface area contributed by atoms with Gasteiger partial charge in [0.25, 0.3) is 5.91 Å². The molecule has 0 aliphatic carbocycles. The second kappa shape index (κ2) is 9.82. The molecular weight excluding hydrogens is 362 g/mol. The molecule has 5 nitrogen and oxygen atoms in total. The summed E-state index contributed by atoms with van der Waals surface area (Å²) in [5.74, 6) is -0.488. The fraction of sp³-hybridized carbons (Fsp3) is 0.500. The third kappa shape index (κ3) is 7.48. The maximum atomic E-state index is 12.3. The molecule has 1 rings (SSSR count). The molecule has 0 saturated heterocycles. The SMILES string of the molecule is CSCC[C@H](NC(=O)c1ccc(Cl)cc1)C(=O)OCC(=O)C(C)(C)C. The van der Waals surface area contributed by atoms with Crippen LogP contribution in [-0.4, -0.2) is 42.3 Å². The number of hydrogen-bond donors (Lipinski definition) is 1. The summed E-state index contributed by atoms with van der Waals surface area (Å²) in [6.07, 6.45) is 2.33. The lowest BCUT2D eigenvalue weighted by molar-refractivity contribution is -0.151. The van der Waals surface area contributed by atoms with Crippen LogP contribution in [0.1, 0.15) is 37.6 Å². The summed E-state index contributed by atoms with van der Waals surface area (Å²) >= 11 is 7.37. The van der Waals surface area contributed by atoms with E-state index < -0.39 is 17.4 Å². The number of halogens is 1. The van der Waals surface area contributed by atoms with Crippen LogP contribution in [-0.2, 0) is 14.3 Å². The quantitative estimate of drug-likeness (QED) is 0.695. The average molecular weight is 386 g/mol. The molecule has 1 N–H and O–H groups in total. The van der Waals surface area contributed by atoms with Crippen LogP contribution in [0.2, 0.25) is 5.02 Å². The predicted molar refractivity (Wildman–Crippen MR) is 101 cm³/mol. The van der Waals surface area contributed by atoms with E-state index in [1.165, 1.54) is 0 Å². The highest BCUT2D eigenvalue weighted by Gasteiger charge is 2.26. The van der Waals surface area contributed by atoms with Crippen molar-refractivity contribution in [3.8, 4) is 0 Å². The number of benzene rings is 1. The third-order valence-corrected chi connectivity index (χ3v) is 4.38. The van der Waals surface area contributed by atoms with Crippen LogP contribution in [0.5, 0.6) is 0 Å². The predicted octanol–water partition coefficient (Wildman–Crippen LogP) is 3.35. The van der Waals surface area contributed by atoms with Crippen molar-refractivity contribution < 1.29 is 19.1 Å². The average Bonchev–Trinajstić information content (AvgIpc) is 2.55. The van der Waals surface area contributed by atoms with Crippen LogP contribution in [0.25, 0.3) is 0 Å². The number of ketones is 1. The van der Waals surface area contributed by atoms with Gasteiger partial charge in [-0.15, -0.1) is 0 Å². The Balaban J connectivity index is 2.72. The van der Waals surface area contributed by atoms with Crippen molar-refractivity contribution >= 4 is 41.0 Å². The van der Waals surface area contributed by atoms with Gasteiger partial charge in [-0.2, -0.15) is 11.8 Å². The number of carbonyl (C=O) groups excluding carboxylic acids is 3. The van der Waals surface area contributed by atoms with Gasteiger partial charge >= 0.3 is 5.97 Å². The molecule has 0 spiro atoms. The smallest absolute Gasteiger partial charge is 0.329 e. The maximum Gasteiger partial charge on any atom is 0.329 e. The van der Waals surface area contributed by atoms with Crippen LogP contribution in [0, 0.1) is 5.41 Å². The van der Waals surface area contributed by atoms with Gasteiger partial charge in [0.2, 0.25) is 0 Å².